The molecular weight excluding hydrogens is 372 g/mol. The number of ketones is 1. The Balaban J connectivity index is 1.49. The van der Waals surface area contributed by atoms with Gasteiger partial charge in [-0.15, -0.1) is 0 Å². The van der Waals surface area contributed by atoms with Crippen molar-refractivity contribution in [3.8, 4) is 0 Å². The molecule has 4 rings (SSSR count). The number of hydrogen-bond acceptors (Lipinski definition) is 3. The molecule has 0 amide bonds. The van der Waals surface area contributed by atoms with Gasteiger partial charge in [-0.05, 0) is 91.8 Å². The van der Waals surface area contributed by atoms with Gasteiger partial charge in [0.2, 0.25) is 0 Å². The van der Waals surface area contributed by atoms with Crippen molar-refractivity contribution in [2.24, 2.45) is 29.1 Å². The molecule has 164 valence electrons. The van der Waals surface area contributed by atoms with E-state index in [9.17, 15) is 15.0 Å². The highest BCUT2D eigenvalue weighted by molar-refractivity contribution is 5.93. The number of aliphatic hydroxyl groups is 2. The van der Waals surface area contributed by atoms with E-state index in [4.69, 9.17) is 0 Å². The van der Waals surface area contributed by atoms with Gasteiger partial charge in [0.05, 0.1) is 12.2 Å². The van der Waals surface area contributed by atoms with Gasteiger partial charge < -0.3 is 10.2 Å². The quantitative estimate of drug-likeness (QED) is 0.605. The molecule has 0 aromatic carbocycles. The second kappa shape index (κ2) is 8.59. The summed E-state index contributed by atoms with van der Waals surface area (Å²) in [7, 11) is 0. The van der Waals surface area contributed by atoms with Crippen LogP contribution in [0.3, 0.4) is 0 Å². The molecule has 0 spiro atoms. The summed E-state index contributed by atoms with van der Waals surface area (Å²) in [6.07, 6.45) is 16.5. The molecule has 0 bridgehead atoms. The van der Waals surface area contributed by atoms with Crippen molar-refractivity contribution in [2.45, 2.75) is 83.8 Å². The molecule has 4 aliphatic rings. The Bertz CT molecular complexity index is 784. The molecule has 3 nitrogen and oxygen atoms in total. The number of carbonyl (C=O) groups excluding carboxylic acids is 1. The predicted octanol–water partition coefficient (Wildman–Crippen LogP) is 5.30. The lowest BCUT2D eigenvalue weighted by Gasteiger charge is -2.44. The Morgan fingerprint density at radius 2 is 1.97 bits per heavy atom. The third-order valence-corrected chi connectivity index (χ3v) is 8.48. The van der Waals surface area contributed by atoms with Crippen LogP contribution in [0.5, 0.6) is 0 Å². The third-order valence-electron chi connectivity index (χ3n) is 8.48. The van der Waals surface area contributed by atoms with E-state index in [-0.39, 0.29) is 5.41 Å². The van der Waals surface area contributed by atoms with E-state index in [2.05, 4.69) is 38.7 Å². The minimum Gasteiger partial charge on any atom is -0.393 e. The van der Waals surface area contributed by atoms with Crippen molar-refractivity contribution in [3.63, 3.8) is 0 Å². The van der Waals surface area contributed by atoms with Gasteiger partial charge in [0.15, 0.2) is 5.78 Å². The number of allylic oxidation sites excluding steroid dienone is 5. The van der Waals surface area contributed by atoms with Crippen LogP contribution < -0.4 is 0 Å². The molecule has 0 aliphatic heterocycles. The van der Waals surface area contributed by atoms with Crippen molar-refractivity contribution < 1.29 is 15.0 Å². The molecule has 0 heterocycles. The van der Waals surface area contributed by atoms with Gasteiger partial charge >= 0.3 is 0 Å². The highest BCUT2D eigenvalue weighted by Crippen LogP contribution is 2.59. The van der Waals surface area contributed by atoms with Gasteiger partial charge in [0.25, 0.3) is 0 Å². The van der Waals surface area contributed by atoms with Crippen LogP contribution in [0, 0.1) is 29.1 Å². The van der Waals surface area contributed by atoms with E-state index >= 15 is 0 Å². The first-order valence-electron chi connectivity index (χ1n) is 12.0. The van der Waals surface area contributed by atoms with Crippen molar-refractivity contribution in [2.75, 3.05) is 0 Å². The Morgan fingerprint density at radius 3 is 2.70 bits per heavy atom. The normalized spacial score (nSPS) is 40.9. The molecule has 6 atom stereocenters. The van der Waals surface area contributed by atoms with Crippen LogP contribution in [0.25, 0.3) is 0 Å². The molecule has 4 fully saturated rings. The maximum atomic E-state index is 12.1. The fourth-order valence-corrected chi connectivity index (χ4v) is 6.49. The second-order valence-corrected chi connectivity index (χ2v) is 10.6. The number of carbonyl (C=O) groups is 1. The Hall–Kier alpha value is -1.45. The minimum absolute atomic E-state index is 0.289. The molecule has 4 saturated carbocycles. The van der Waals surface area contributed by atoms with Crippen LogP contribution in [0.15, 0.2) is 47.6 Å². The summed E-state index contributed by atoms with van der Waals surface area (Å²) in [4.78, 5) is 12.1. The van der Waals surface area contributed by atoms with Crippen LogP contribution >= 0.6 is 0 Å². The van der Waals surface area contributed by atoms with Crippen LogP contribution in [0.2, 0.25) is 0 Å². The highest BCUT2D eigenvalue weighted by Gasteiger charge is 2.50. The van der Waals surface area contributed by atoms with Gasteiger partial charge in [0, 0.05) is 12.3 Å². The van der Waals surface area contributed by atoms with E-state index in [1.807, 2.05) is 6.08 Å². The fraction of sp³-hybridized carbons (Fsp3) is 0.667. The average Bonchev–Trinajstić information content (AvgIpc) is 3.49. The lowest BCUT2D eigenvalue weighted by molar-refractivity contribution is -0.115. The Labute approximate surface area is 181 Å². The smallest absolute Gasteiger partial charge is 0.158 e. The molecule has 2 N–H and O–H groups in total. The fourth-order valence-electron chi connectivity index (χ4n) is 6.49. The van der Waals surface area contributed by atoms with E-state index in [0.717, 1.165) is 30.4 Å². The summed E-state index contributed by atoms with van der Waals surface area (Å²) in [6, 6.07) is 0. The molecule has 0 radical (unpaired) electrons. The van der Waals surface area contributed by atoms with Crippen LogP contribution in [0.1, 0.15) is 71.6 Å². The highest BCUT2D eigenvalue weighted by atomic mass is 16.3. The summed E-state index contributed by atoms with van der Waals surface area (Å²) < 4.78 is 0. The summed E-state index contributed by atoms with van der Waals surface area (Å²) in [5.74, 6) is 2.28. The molecule has 0 aromatic rings. The molecule has 3 heteroatoms. The van der Waals surface area contributed by atoms with Crippen LogP contribution in [-0.2, 0) is 4.79 Å². The molecule has 0 aromatic heterocycles. The monoisotopic (exact) mass is 410 g/mol. The van der Waals surface area contributed by atoms with Crippen LogP contribution in [0.4, 0.5) is 0 Å². The van der Waals surface area contributed by atoms with Gasteiger partial charge in [-0.1, -0.05) is 44.2 Å². The first-order chi connectivity index (χ1) is 14.3. The number of rotatable bonds is 5. The molecule has 4 aliphatic carbocycles. The largest absolute Gasteiger partial charge is 0.393 e. The maximum Gasteiger partial charge on any atom is 0.158 e. The minimum atomic E-state index is -0.628. The van der Waals surface area contributed by atoms with E-state index < -0.39 is 12.2 Å². The van der Waals surface area contributed by atoms with Crippen LogP contribution in [-0.4, -0.2) is 28.2 Å². The topological polar surface area (TPSA) is 57.5 Å². The van der Waals surface area contributed by atoms with Crippen molar-refractivity contribution in [1.82, 2.24) is 0 Å². The summed E-state index contributed by atoms with van der Waals surface area (Å²) in [6.45, 7) is 8.81. The van der Waals surface area contributed by atoms with Gasteiger partial charge in [0.1, 0.15) is 0 Å². The summed E-state index contributed by atoms with van der Waals surface area (Å²) >= 11 is 0. The zero-order valence-electron chi connectivity index (χ0n) is 18.6. The zero-order valence-corrected chi connectivity index (χ0v) is 18.6. The molecule has 0 saturated heterocycles. The SMILES string of the molecule is C=C1/C(=C\C=C2\CCC[C@@]3(C)C2CC[C@@H]3[C@H](C)/C=C/C(=O)C2CC2)C[C@@H](O)C[C@@H]1O. The van der Waals surface area contributed by atoms with Crippen molar-refractivity contribution in [3.05, 3.63) is 47.6 Å². The number of hydrogen-bond donors (Lipinski definition) is 2. The predicted molar refractivity (Wildman–Crippen MR) is 121 cm³/mol. The average molecular weight is 411 g/mol. The van der Waals surface area contributed by atoms with Crippen molar-refractivity contribution in [1.29, 1.82) is 0 Å². The van der Waals surface area contributed by atoms with E-state index in [1.165, 1.54) is 31.3 Å². The standard InChI is InChI=1S/C27H38O3/c1-17(6-13-25(29)20-8-9-20)23-11-12-24-19(5-4-14-27(23,24)3)7-10-21-15-22(28)16-26(30)18(21)2/h6-7,10,13,17,20,22-24,26,28,30H,2,4-5,8-9,11-12,14-16H2,1,3H3/b13-6+,19-7-,21-10-/t17-,22-,23-,24?,26+,27-/m1/s1. The Kier molecular flexibility index (Phi) is 6.23. The van der Waals surface area contributed by atoms with Gasteiger partial charge in [-0.2, -0.15) is 0 Å². The lowest BCUT2D eigenvalue weighted by atomic mass is 9.61. The van der Waals surface area contributed by atoms with Crippen molar-refractivity contribution >= 4 is 5.78 Å². The van der Waals surface area contributed by atoms with E-state index in [0.29, 0.717) is 42.3 Å². The second-order valence-electron chi connectivity index (χ2n) is 10.6. The molecule has 1 unspecified atom stereocenters. The van der Waals surface area contributed by atoms with E-state index in [1.54, 1.807) is 0 Å². The first kappa shape index (κ1) is 21.8. The molecular formula is C27H38O3. The summed E-state index contributed by atoms with van der Waals surface area (Å²) in [5, 5.41) is 20.1. The third kappa shape index (κ3) is 4.29. The maximum absolute atomic E-state index is 12.1. The zero-order chi connectivity index (χ0) is 21.5. The summed E-state index contributed by atoms with van der Waals surface area (Å²) in [5.41, 5.74) is 3.56. The number of aliphatic hydroxyl groups excluding tert-OH is 2. The van der Waals surface area contributed by atoms with Gasteiger partial charge in [-0.3, -0.25) is 4.79 Å². The Morgan fingerprint density at radius 1 is 1.20 bits per heavy atom. The first-order valence-corrected chi connectivity index (χ1v) is 12.0. The lowest BCUT2D eigenvalue weighted by Crippen LogP contribution is -2.35. The molecule has 30 heavy (non-hydrogen) atoms. The van der Waals surface area contributed by atoms with Gasteiger partial charge in [-0.25, -0.2) is 0 Å². The number of fused-ring (bicyclic) bond motifs is 1.